The summed E-state index contributed by atoms with van der Waals surface area (Å²) in [6.07, 6.45) is 6.74. The third-order valence-corrected chi connectivity index (χ3v) is 11.8. The van der Waals surface area contributed by atoms with Crippen LogP contribution in [0.4, 0.5) is 0 Å². The summed E-state index contributed by atoms with van der Waals surface area (Å²) in [4.78, 5) is 2.81. The number of phenolic OH excluding ortho intramolecular Hbond substituents is 1. The van der Waals surface area contributed by atoms with Gasteiger partial charge in [-0.05, 0) is 74.6 Å². The summed E-state index contributed by atoms with van der Waals surface area (Å²) in [5, 5.41) is 23.1. The van der Waals surface area contributed by atoms with Gasteiger partial charge in [-0.15, -0.1) is 0 Å². The molecule has 9 rings (SSSR count). The number of aliphatic hydroxyl groups excluding tert-OH is 1. The molecule has 2 aliphatic heterocycles. The van der Waals surface area contributed by atoms with Crippen molar-refractivity contribution in [3.8, 4) is 11.5 Å². The topological polar surface area (TPSA) is 62.2 Å². The van der Waals surface area contributed by atoms with Crippen LogP contribution in [0.5, 0.6) is 11.5 Å². The van der Waals surface area contributed by atoms with E-state index < -0.39 is 17.1 Å². The number of likely N-dealkylation sites (tertiary alicyclic amines) is 1. The van der Waals surface area contributed by atoms with Gasteiger partial charge in [0, 0.05) is 41.5 Å². The van der Waals surface area contributed by atoms with Crippen LogP contribution < -0.4 is 4.74 Å². The van der Waals surface area contributed by atoms with Crippen LogP contribution in [0.15, 0.2) is 42.5 Å². The van der Waals surface area contributed by atoms with E-state index in [1.54, 1.807) is 0 Å². The Morgan fingerprint density at radius 3 is 2.67 bits per heavy atom. The number of phenols is 1. The number of nitrogens with zero attached hydrogens (tertiary/aromatic N) is 1. The lowest BCUT2D eigenvalue weighted by molar-refractivity contribution is -0.324. The van der Waals surface area contributed by atoms with Gasteiger partial charge in [0.15, 0.2) is 11.5 Å². The van der Waals surface area contributed by atoms with Crippen molar-refractivity contribution in [1.29, 1.82) is 0 Å². The summed E-state index contributed by atoms with van der Waals surface area (Å²) in [6, 6.07) is 14.5. The van der Waals surface area contributed by atoms with E-state index in [2.05, 4.69) is 17.9 Å². The minimum absolute atomic E-state index is 0.0123. The number of piperidine rings is 1. The van der Waals surface area contributed by atoms with Gasteiger partial charge in [-0.3, -0.25) is 4.90 Å². The van der Waals surface area contributed by atoms with Gasteiger partial charge in [0.25, 0.3) is 0 Å². The van der Waals surface area contributed by atoms with Crippen LogP contribution in [-0.4, -0.2) is 53.1 Å². The van der Waals surface area contributed by atoms with Crippen LogP contribution >= 0.6 is 0 Å². The van der Waals surface area contributed by atoms with E-state index >= 15 is 0 Å². The SMILES string of the molecule is CO[C@]12CCC3(CC1(C)[C@@H](O)c1ccccc1)C1Cc4ccc(O)c5c4[C@@]3(CCN1CC1CC1)[C@@H]2O5. The lowest BCUT2D eigenvalue weighted by Crippen LogP contribution is -2.83. The average Bonchev–Trinajstić information content (AvgIpc) is 3.64. The molecular weight excluding hydrogens is 450 g/mol. The molecule has 0 radical (unpaired) electrons. The van der Waals surface area contributed by atoms with Crippen LogP contribution in [0.25, 0.3) is 0 Å². The second-order valence-electron chi connectivity index (χ2n) is 13.0. The fourth-order valence-electron chi connectivity index (χ4n) is 10.2. The van der Waals surface area contributed by atoms with Crippen LogP contribution in [0.2, 0.25) is 0 Å². The molecule has 36 heavy (non-hydrogen) atoms. The normalized spacial score (nSPS) is 42.6. The van der Waals surface area contributed by atoms with Crippen LogP contribution in [-0.2, 0) is 16.6 Å². The average molecular weight is 488 g/mol. The Bertz CT molecular complexity index is 1240. The standard InChI is InChI=1S/C31H37NO4/c1-28(26(34)20-6-4-3-5-7-20)18-29-12-13-31(28,35-2)27-30(29)14-15-32(17-19-8-9-19)23(29)16-21-10-11-22(33)25(36-27)24(21)30/h3-7,10-11,19,23,26-27,33-34H,8-9,12-18H2,1-2H3/t23?,26-,27-,28?,29?,30-,31-/m0/s1. The first kappa shape index (κ1) is 22.0. The van der Waals surface area contributed by atoms with Gasteiger partial charge < -0.3 is 19.7 Å². The molecule has 4 saturated carbocycles. The zero-order chi connectivity index (χ0) is 24.5. The molecule has 2 aromatic rings. The first-order valence-electron chi connectivity index (χ1n) is 13.9. The summed E-state index contributed by atoms with van der Waals surface area (Å²) in [6.45, 7) is 4.53. The molecule has 5 heteroatoms. The molecule has 2 N–H and O–H groups in total. The largest absolute Gasteiger partial charge is 0.504 e. The molecule has 4 bridgehead atoms. The number of ether oxygens (including phenoxy) is 2. The highest BCUT2D eigenvalue weighted by atomic mass is 16.6. The van der Waals surface area contributed by atoms with Crippen molar-refractivity contribution in [1.82, 2.24) is 4.90 Å². The molecule has 1 saturated heterocycles. The van der Waals surface area contributed by atoms with Crippen molar-refractivity contribution in [2.45, 2.75) is 81.1 Å². The van der Waals surface area contributed by atoms with Crippen molar-refractivity contribution < 1.29 is 19.7 Å². The number of rotatable bonds is 5. The van der Waals surface area contributed by atoms with Gasteiger partial charge in [-0.2, -0.15) is 0 Å². The number of aromatic hydroxyl groups is 1. The van der Waals surface area contributed by atoms with Crippen molar-refractivity contribution >= 4 is 0 Å². The van der Waals surface area contributed by atoms with Crippen molar-refractivity contribution in [3.63, 3.8) is 0 Å². The van der Waals surface area contributed by atoms with E-state index in [0.717, 1.165) is 50.1 Å². The van der Waals surface area contributed by atoms with Gasteiger partial charge in [-0.25, -0.2) is 0 Å². The minimum atomic E-state index is -0.659. The lowest BCUT2D eigenvalue weighted by Gasteiger charge is -2.76. The minimum Gasteiger partial charge on any atom is -0.504 e. The lowest BCUT2D eigenvalue weighted by atomic mass is 9.31. The maximum atomic E-state index is 12.1. The Morgan fingerprint density at radius 2 is 1.92 bits per heavy atom. The molecule has 2 heterocycles. The Morgan fingerprint density at radius 1 is 1.11 bits per heavy atom. The molecule has 5 aliphatic carbocycles. The highest BCUT2D eigenvalue weighted by Crippen LogP contribution is 2.80. The molecule has 5 fully saturated rings. The van der Waals surface area contributed by atoms with E-state index in [1.165, 1.54) is 30.5 Å². The van der Waals surface area contributed by atoms with Gasteiger partial charge in [0.05, 0.1) is 6.10 Å². The number of benzene rings is 2. The second-order valence-corrected chi connectivity index (χ2v) is 13.0. The van der Waals surface area contributed by atoms with E-state index in [-0.39, 0.29) is 22.7 Å². The maximum Gasteiger partial charge on any atom is 0.165 e. The first-order chi connectivity index (χ1) is 17.4. The highest BCUT2D eigenvalue weighted by Gasteiger charge is 2.84. The summed E-state index contributed by atoms with van der Waals surface area (Å²) in [5.74, 6) is 1.79. The first-order valence-corrected chi connectivity index (χ1v) is 13.9. The predicted octanol–water partition coefficient (Wildman–Crippen LogP) is 4.74. The number of methoxy groups -OCH3 is 1. The Labute approximate surface area is 213 Å². The van der Waals surface area contributed by atoms with E-state index in [9.17, 15) is 10.2 Å². The smallest absolute Gasteiger partial charge is 0.165 e. The number of hydrogen-bond donors (Lipinski definition) is 2. The fraction of sp³-hybridized carbons (Fsp3) is 0.613. The van der Waals surface area contributed by atoms with Crippen LogP contribution in [0.1, 0.15) is 68.2 Å². The van der Waals surface area contributed by atoms with E-state index in [4.69, 9.17) is 9.47 Å². The molecule has 7 aliphatic rings. The predicted molar refractivity (Wildman–Crippen MR) is 136 cm³/mol. The van der Waals surface area contributed by atoms with Crippen molar-refractivity contribution in [2.75, 3.05) is 20.2 Å². The Kier molecular flexibility index (Phi) is 4.18. The molecule has 7 atom stereocenters. The fourth-order valence-corrected chi connectivity index (χ4v) is 10.2. The Balaban J connectivity index is 1.37. The third-order valence-electron chi connectivity index (χ3n) is 11.8. The zero-order valence-corrected chi connectivity index (χ0v) is 21.4. The summed E-state index contributed by atoms with van der Waals surface area (Å²) < 4.78 is 13.6. The van der Waals surface area contributed by atoms with Crippen molar-refractivity contribution in [3.05, 3.63) is 59.2 Å². The van der Waals surface area contributed by atoms with Crippen LogP contribution in [0, 0.1) is 16.7 Å². The van der Waals surface area contributed by atoms with Crippen molar-refractivity contribution in [2.24, 2.45) is 16.7 Å². The van der Waals surface area contributed by atoms with Gasteiger partial charge in [0.2, 0.25) is 0 Å². The maximum absolute atomic E-state index is 12.1. The third kappa shape index (κ3) is 2.27. The quantitative estimate of drug-likeness (QED) is 0.638. The molecular formula is C31H37NO4. The van der Waals surface area contributed by atoms with E-state index in [0.29, 0.717) is 11.8 Å². The summed E-state index contributed by atoms with van der Waals surface area (Å²) >= 11 is 0. The molecule has 0 aromatic heterocycles. The summed E-state index contributed by atoms with van der Waals surface area (Å²) in [7, 11) is 1.82. The monoisotopic (exact) mass is 487 g/mol. The molecule has 0 amide bonds. The molecule has 2 aromatic carbocycles. The molecule has 3 unspecified atom stereocenters. The van der Waals surface area contributed by atoms with Crippen LogP contribution in [0.3, 0.4) is 0 Å². The number of aliphatic hydroxyl groups is 1. The Hall–Kier alpha value is -2.08. The molecule has 190 valence electrons. The number of fused-ring (bicyclic) bond motifs is 2. The second kappa shape index (κ2) is 6.86. The highest BCUT2D eigenvalue weighted by molar-refractivity contribution is 5.63. The van der Waals surface area contributed by atoms with Gasteiger partial charge in [0.1, 0.15) is 11.7 Å². The number of hydrogen-bond acceptors (Lipinski definition) is 5. The van der Waals surface area contributed by atoms with Gasteiger partial charge >= 0.3 is 0 Å². The molecule has 2 spiro atoms. The van der Waals surface area contributed by atoms with E-state index in [1.807, 2.05) is 43.5 Å². The molecule has 5 nitrogen and oxygen atoms in total. The summed E-state index contributed by atoms with van der Waals surface area (Å²) in [5.41, 5.74) is 2.21. The zero-order valence-electron chi connectivity index (χ0n) is 21.4. The van der Waals surface area contributed by atoms with Gasteiger partial charge in [-0.1, -0.05) is 43.3 Å².